The number of nitrogens with one attached hydrogen (secondary N) is 1. The van der Waals surface area contributed by atoms with Crippen LogP contribution in [-0.2, 0) is 23.0 Å². The largest absolute Gasteiger partial charge is 0.467 e. The van der Waals surface area contributed by atoms with Gasteiger partial charge in [-0.2, -0.15) is 0 Å². The summed E-state index contributed by atoms with van der Waals surface area (Å²) in [5.74, 6) is -1.28. The highest BCUT2D eigenvalue weighted by Crippen LogP contribution is 2.26. The number of carbonyl (C=O) groups excluding carboxylic acids is 2. The first kappa shape index (κ1) is 26.8. The average Bonchev–Trinajstić information content (AvgIpc) is 2.90. The van der Waals surface area contributed by atoms with Crippen LogP contribution in [0.3, 0.4) is 0 Å². The maximum absolute atomic E-state index is 13.0. The van der Waals surface area contributed by atoms with E-state index in [1.165, 1.54) is 35.9 Å². The number of nitro groups is 1. The van der Waals surface area contributed by atoms with Crippen molar-refractivity contribution in [3.05, 3.63) is 108 Å². The van der Waals surface area contributed by atoms with Crippen molar-refractivity contribution in [2.75, 3.05) is 7.11 Å². The van der Waals surface area contributed by atoms with Crippen molar-refractivity contribution in [3.63, 3.8) is 0 Å². The lowest BCUT2D eigenvalue weighted by molar-refractivity contribution is -0.384. The number of benzene rings is 3. The standard InChI is InChI=1S/C27H21Cl2N3O6/c1-31-23-11-10-18(32(36)37)13-17(23)14-19(26(31)34)16-8-6-15(7-9-16)12-22(27(35)38-2)30-25(33)24-20(28)4-3-5-21(24)29/h3-11,13-14,22H,12H2,1-2H3,(H,30,33). The highest BCUT2D eigenvalue weighted by atomic mass is 35.5. The number of ether oxygens (including phenoxy) is 1. The van der Waals surface area contributed by atoms with Gasteiger partial charge in [-0.1, -0.05) is 53.5 Å². The summed E-state index contributed by atoms with van der Waals surface area (Å²) in [6.45, 7) is 0. The Morgan fingerprint density at radius 1 is 1.05 bits per heavy atom. The van der Waals surface area contributed by atoms with Gasteiger partial charge in [0.15, 0.2) is 0 Å². The smallest absolute Gasteiger partial charge is 0.328 e. The molecule has 1 unspecified atom stereocenters. The third-order valence-corrected chi connectivity index (χ3v) is 6.73. The number of rotatable bonds is 7. The molecule has 0 aliphatic carbocycles. The number of methoxy groups -OCH3 is 1. The summed E-state index contributed by atoms with van der Waals surface area (Å²) < 4.78 is 6.29. The fourth-order valence-corrected chi connectivity index (χ4v) is 4.70. The Balaban J connectivity index is 1.62. The number of amides is 1. The molecule has 1 atom stereocenters. The Labute approximate surface area is 226 Å². The molecule has 38 heavy (non-hydrogen) atoms. The molecule has 1 heterocycles. The molecule has 0 fully saturated rings. The van der Waals surface area contributed by atoms with Gasteiger partial charge in [-0.15, -0.1) is 0 Å². The zero-order chi connectivity index (χ0) is 27.6. The van der Waals surface area contributed by atoms with E-state index in [9.17, 15) is 24.5 Å². The molecule has 0 aliphatic heterocycles. The summed E-state index contributed by atoms with van der Waals surface area (Å²) in [7, 11) is 2.82. The number of non-ortho nitro benzene ring substituents is 1. The Morgan fingerprint density at radius 2 is 1.71 bits per heavy atom. The zero-order valence-electron chi connectivity index (χ0n) is 20.2. The summed E-state index contributed by atoms with van der Waals surface area (Å²) in [6.07, 6.45) is 0.0999. The van der Waals surface area contributed by atoms with Gasteiger partial charge in [0.25, 0.3) is 17.2 Å². The highest BCUT2D eigenvalue weighted by molar-refractivity contribution is 6.39. The van der Waals surface area contributed by atoms with Gasteiger partial charge >= 0.3 is 5.97 Å². The van der Waals surface area contributed by atoms with E-state index in [0.29, 0.717) is 27.6 Å². The number of halogens is 2. The second-order valence-corrected chi connectivity index (χ2v) is 9.28. The molecule has 4 aromatic rings. The van der Waals surface area contributed by atoms with Crippen LogP contribution in [0.1, 0.15) is 15.9 Å². The van der Waals surface area contributed by atoms with Crippen molar-refractivity contribution in [1.82, 2.24) is 9.88 Å². The Morgan fingerprint density at radius 3 is 2.32 bits per heavy atom. The Bertz CT molecular complexity index is 1610. The van der Waals surface area contributed by atoms with Crippen molar-refractivity contribution in [2.45, 2.75) is 12.5 Å². The molecule has 0 bridgehead atoms. The number of carbonyl (C=O) groups is 2. The summed E-state index contributed by atoms with van der Waals surface area (Å²) >= 11 is 12.2. The maximum atomic E-state index is 13.0. The molecule has 4 rings (SSSR count). The number of nitrogens with zero attached hydrogens (tertiary/aromatic N) is 2. The van der Waals surface area contributed by atoms with Crippen molar-refractivity contribution in [2.24, 2.45) is 7.05 Å². The lowest BCUT2D eigenvalue weighted by Gasteiger charge is -2.18. The van der Waals surface area contributed by atoms with Crippen LogP contribution >= 0.6 is 23.2 Å². The molecule has 9 nitrogen and oxygen atoms in total. The van der Waals surface area contributed by atoms with Gasteiger partial charge in [0.05, 0.1) is 33.2 Å². The molecule has 194 valence electrons. The number of hydrogen-bond acceptors (Lipinski definition) is 6. The number of aryl methyl sites for hydroxylation is 1. The van der Waals surface area contributed by atoms with Crippen LogP contribution in [0.4, 0.5) is 5.69 Å². The number of pyridine rings is 1. The van der Waals surface area contributed by atoms with E-state index in [2.05, 4.69) is 5.32 Å². The second kappa shape index (κ2) is 11.0. The second-order valence-electron chi connectivity index (χ2n) is 8.47. The minimum absolute atomic E-state index is 0.0486. The lowest BCUT2D eigenvalue weighted by atomic mass is 10.00. The molecule has 3 aromatic carbocycles. The molecule has 1 amide bonds. The third kappa shape index (κ3) is 5.39. The van der Waals surface area contributed by atoms with Gasteiger partial charge in [-0.05, 0) is 35.4 Å². The molecule has 0 saturated heterocycles. The van der Waals surface area contributed by atoms with Crippen LogP contribution in [0.5, 0.6) is 0 Å². The molecule has 0 radical (unpaired) electrons. The number of esters is 1. The van der Waals surface area contributed by atoms with E-state index in [1.807, 2.05) is 0 Å². The van der Waals surface area contributed by atoms with Crippen LogP contribution in [0.2, 0.25) is 10.0 Å². The summed E-state index contributed by atoms with van der Waals surface area (Å²) in [5.41, 5.74) is 1.90. The molecule has 1 aromatic heterocycles. The first-order chi connectivity index (χ1) is 18.1. The predicted octanol–water partition coefficient (Wildman–Crippen LogP) is 4.93. The number of hydrogen-bond donors (Lipinski definition) is 1. The molecule has 11 heteroatoms. The molecule has 0 aliphatic rings. The zero-order valence-corrected chi connectivity index (χ0v) is 21.7. The highest BCUT2D eigenvalue weighted by Gasteiger charge is 2.25. The van der Waals surface area contributed by atoms with Gasteiger partial charge in [-0.3, -0.25) is 19.7 Å². The third-order valence-electron chi connectivity index (χ3n) is 6.10. The van der Waals surface area contributed by atoms with E-state index < -0.39 is 22.8 Å². The first-order valence-corrected chi connectivity index (χ1v) is 12.1. The van der Waals surface area contributed by atoms with Gasteiger partial charge < -0.3 is 14.6 Å². The fourth-order valence-electron chi connectivity index (χ4n) is 4.13. The van der Waals surface area contributed by atoms with Crippen LogP contribution < -0.4 is 10.9 Å². The molecular weight excluding hydrogens is 533 g/mol. The Hall–Kier alpha value is -4.21. The van der Waals surface area contributed by atoms with Crippen molar-refractivity contribution in [3.8, 4) is 11.1 Å². The van der Waals surface area contributed by atoms with Gasteiger partial charge in [-0.25, -0.2) is 4.79 Å². The van der Waals surface area contributed by atoms with Crippen molar-refractivity contribution >= 4 is 51.7 Å². The molecule has 0 spiro atoms. The van der Waals surface area contributed by atoms with E-state index in [0.717, 1.165) is 0 Å². The summed E-state index contributed by atoms with van der Waals surface area (Å²) in [6, 6.07) is 16.4. The minimum Gasteiger partial charge on any atom is -0.467 e. The van der Waals surface area contributed by atoms with Crippen molar-refractivity contribution in [1.29, 1.82) is 0 Å². The number of nitro benzene ring substituents is 1. The Kier molecular flexibility index (Phi) is 7.80. The van der Waals surface area contributed by atoms with E-state index in [1.54, 1.807) is 49.5 Å². The number of fused-ring (bicyclic) bond motifs is 1. The maximum Gasteiger partial charge on any atom is 0.328 e. The van der Waals surface area contributed by atoms with Gasteiger partial charge in [0.2, 0.25) is 0 Å². The van der Waals surface area contributed by atoms with E-state index in [4.69, 9.17) is 27.9 Å². The van der Waals surface area contributed by atoms with Gasteiger partial charge in [0, 0.05) is 36.6 Å². The average molecular weight is 554 g/mol. The van der Waals surface area contributed by atoms with Crippen LogP contribution in [0.25, 0.3) is 22.0 Å². The van der Waals surface area contributed by atoms with Crippen molar-refractivity contribution < 1.29 is 19.2 Å². The minimum atomic E-state index is -1.03. The first-order valence-electron chi connectivity index (χ1n) is 11.3. The normalized spacial score (nSPS) is 11.7. The van der Waals surface area contributed by atoms with Crippen LogP contribution in [-0.4, -0.2) is 34.5 Å². The topological polar surface area (TPSA) is 121 Å². The molecule has 1 N–H and O–H groups in total. The fraction of sp³-hybridized carbons (Fsp3) is 0.148. The number of aromatic nitrogens is 1. The van der Waals surface area contributed by atoms with Crippen LogP contribution in [0.15, 0.2) is 71.5 Å². The van der Waals surface area contributed by atoms with E-state index in [-0.39, 0.29) is 33.3 Å². The summed E-state index contributed by atoms with van der Waals surface area (Å²) in [4.78, 5) is 49.0. The van der Waals surface area contributed by atoms with Crippen LogP contribution in [0, 0.1) is 10.1 Å². The quantitative estimate of drug-likeness (QED) is 0.196. The predicted molar refractivity (Wildman–Crippen MR) is 145 cm³/mol. The van der Waals surface area contributed by atoms with E-state index >= 15 is 0 Å². The molecular formula is C27H21Cl2N3O6. The lowest BCUT2D eigenvalue weighted by Crippen LogP contribution is -2.43. The van der Waals surface area contributed by atoms with Gasteiger partial charge in [0.1, 0.15) is 6.04 Å². The SMILES string of the molecule is COC(=O)C(Cc1ccc(-c2cc3cc([N+](=O)[O-])ccc3n(C)c2=O)cc1)NC(=O)c1c(Cl)cccc1Cl. The monoisotopic (exact) mass is 553 g/mol. The summed E-state index contributed by atoms with van der Waals surface area (Å²) in [5, 5.41) is 14.6. The molecule has 0 saturated carbocycles.